The molecule has 16 heavy (non-hydrogen) atoms. The van der Waals surface area contributed by atoms with E-state index in [0.29, 0.717) is 5.84 Å². The Kier molecular flexibility index (Phi) is 3.97. The van der Waals surface area contributed by atoms with E-state index >= 15 is 0 Å². The fourth-order valence-electron chi connectivity index (χ4n) is 1.05. The molecule has 0 bridgehead atoms. The van der Waals surface area contributed by atoms with Crippen LogP contribution in [-0.4, -0.2) is 12.9 Å². The number of nitrogens with zero attached hydrogens (tertiary/aromatic N) is 1. The maximum absolute atomic E-state index is 5.94. The molecule has 0 spiro atoms. The van der Waals surface area contributed by atoms with Gasteiger partial charge in [-0.3, -0.25) is 0 Å². The summed E-state index contributed by atoms with van der Waals surface area (Å²) in [5.41, 5.74) is 6.53. The maximum atomic E-state index is 5.94. The molecule has 0 aliphatic carbocycles. The van der Waals surface area contributed by atoms with Crippen molar-refractivity contribution in [3.05, 3.63) is 22.7 Å². The van der Waals surface area contributed by atoms with Gasteiger partial charge in [0, 0.05) is 9.89 Å². The molecule has 0 heterocycles. The molecule has 0 aliphatic heterocycles. The monoisotopic (exact) mass is 284 g/mol. The lowest BCUT2D eigenvalue weighted by molar-refractivity contribution is 0.416. The van der Waals surface area contributed by atoms with Crippen LogP contribution in [0.2, 0.25) is 0 Å². The van der Waals surface area contributed by atoms with Gasteiger partial charge in [-0.05, 0) is 18.2 Å². The van der Waals surface area contributed by atoms with E-state index in [2.05, 4.69) is 20.9 Å². The van der Waals surface area contributed by atoms with Crippen molar-refractivity contribution in [3.8, 4) is 5.75 Å². The summed E-state index contributed by atoms with van der Waals surface area (Å²) >= 11 is 3.40. The molecule has 2 N–H and O–H groups in total. The van der Waals surface area contributed by atoms with Gasteiger partial charge in [0.15, 0.2) is 0 Å². The average Bonchev–Trinajstić information content (AvgIpc) is 2.16. The van der Waals surface area contributed by atoms with Crippen molar-refractivity contribution >= 4 is 27.5 Å². The molecule has 1 aromatic rings. The van der Waals surface area contributed by atoms with Crippen molar-refractivity contribution in [2.45, 2.75) is 20.8 Å². The van der Waals surface area contributed by atoms with E-state index < -0.39 is 0 Å². The summed E-state index contributed by atoms with van der Waals surface area (Å²) in [5, 5.41) is 0. The van der Waals surface area contributed by atoms with E-state index in [4.69, 9.17) is 10.5 Å². The van der Waals surface area contributed by atoms with Crippen LogP contribution in [-0.2, 0) is 0 Å². The molecule has 1 rings (SSSR count). The average molecular weight is 285 g/mol. The van der Waals surface area contributed by atoms with Gasteiger partial charge in [-0.15, -0.1) is 0 Å². The lowest BCUT2D eigenvalue weighted by Crippen LogP contribution is -2.28. The second kappa shape index (κ2) is 4.87. The SMILES string of the molecule is COc1ccc(Br)cc1N=C(N)C(C)(C)C. The molecule has 1 aromatic carbocycles. The van der Waals surface area contributed by atoms with Crippen molar-refractivity contribution < 1.29 is 4.74 Å². The van der Waals surface area contributed by atoms with Gasteiger partial charge >= 0.3 is 0 Å². The zero-order valence-corrected chi connectivity index (χ0v) is 11.6. The number of hydrogen-bond donors (Lipinski definition) is 1. The van der Waals surface area contributed by atoms with E-state index in [1.165, 1.54) is 0 Å². The first-order valence-corrected chi connectivity index (χ1v) is 5.82. The Balaban J connectivity index is 3.18. The Morgan fingerprint density at radius 3 is 2.50 bits per heavy atom. The van der Waals surface area contributed by atoms with Crippen molar-refractivity contribution in [3.63, 3.8) is 0 Å². The smallest absolute Gasteiger partial charge is 0.144 e. The number of rotatable bonds is 2. The first kappa shape index (κ1) is 13.0. The quantitative estimate of drug-likeness (QED) is 0.668. The van der Waals surface area contributed by atoms with E-state index in [0.717, 1.165) is 15.9 Å². The molecule has 0 aliphatic rings. The highest BCUT2D eigenvalue weighted by Crippen LogP contribution is 2.31. The van der Waals surface area contributed by atoms with Gasteiger partial charge in [0.2, 0.25) is 0 Å². The molecule has 0 fully saturated rings. The number of benzene rings is 1. The highest BCUT2D eigenvalue weighted by atomic mass is 79.9. The van der Waals surface area contributed by atoms with Crippen LogP contribution in [0.5, 0.6) is 5.75 Å². The van der Waals surface area contributed by atoms with Gasteiger partial charge in [0.05, 0.1) is 7.11 Å². The van der Waals surface area contributed by atoms with Crippen LogP contribution in [0.1, 0.15) is 20.8 Å². The summed E-state index contributed by atoms with van der Waals surface area (Å²) in [4.78, 5) is 4.40. The van der Waals surface area contributed by atoms with Gasteiger partial charge in [-0.2, -0.15) is 0 Å². The molecule has 0 unspecified atom stereocenters. The molecule has 0 amide bonds. The maximum Gasteiger partial charge on any atom is 0.144 e. The van der Waals surface area contributed by atoms with E-state index in [1.54, 1.807) is 7.11 Å². The molecule has 0 aromatic heterocycles. The molecule has 88 valence electrons. The van der Waals surface area contributed by atoms with Crippen LogP contribution in [0.25, 0.3) is 0 Å². The van der Waals surface area contributed by atoms with E-state index in [-0.39, 0.29) is 5.41 Å². The summed E-state index contributed by atoms with van der Waals surface area (Å²) in [5.74, 6) is 1.30. The molecule has 0 atom stereocenters. The predicted octanol–water partition coefficient (Wildman–Crippen LogP) is 3.49. The van der Waals surface area contributed by atoms with E-state index in [1.807, 2.05) is 39.0 Å². The van der Waals surface area contributed by atoms with Crippen molar-refractivity contribution in [1.29, 1.82) is 0 Å². The van der Waals surface area contributed by atoms with E-state index in [9.17, 15) is 0 Å². The Labute approximate surface area is 105 Å². The molecule has 0 saturated heterocycles. The zero-order valence-electron chi connectivity index (χ0n) is 10.0. The summed E-state index contributed by atoms with van der Waals surface area (Å²) in [6.07, 6.45) is 0. The third kappa shape index (κ3) is 3.23. The number of hydrogen-bond acceptors (Lipinski definition) is 2. The fourth-order valence-corrected chi connectivity index (χ4v) is 1.40. The third-order valence-corrected chi connectivity index (χ3v) is 2.64. The van der Waals surface area contributed by atoms with Crippen LogP contribution >= 0.6 is 15.9 Å². The standard InChI is InChI=1S/C12H17BrN2O/c1-12(2,3)11(14)15-9-7-8(13)5-6-10(9)16-4/h5-7H,1-4H3,(H2,14,15). The lowest BCUT2D eigenvalue weighted by atomic mass is 9.95. The lowest BCUT2D eigenvalue weighted by Gasteiger charge is -2.17. The van der Waals surface area contributed by atoms with Crippen molar-refractivity contribution in [1.82, 2.24) is 0 Å². The second-order valence-corrected chi connectivity index (χ2v) is 5.48. The minimum Gasteiger partial charge on any atom is -0.494 e. The Bertz CT molecular complexity index is 408. The minimum absolute atomic E-state index is 0.146. The van der Waals surface area contributed by atoms with Crippen LogP contribution in [0.4, 0.5) is 5.69 Å². The molecule has 0 radical (unpaired) electrons. The van der Waals surface area contributed by atoms with Crippen LogP contribution in [0.15, 0.2) is 27.7 Å². The second-order valence-electron chi connectivity index (χ2n) is 4.56. The predicted molar refractivity (Wildman–Crippen MR) is 71.4 cm³/mol. The Morgan fingerprint density at radius 1 is 1.38 bits per heavy atom. The summed E-state index contributed by atoms with van der Waals surface area (Å²) in [6, 6.07) is 5.65. The van der Waals surface area contributed by atoms with Crippen molar-refractivity contribution in [2.75, 3.05) is 7.11 Å². The summed E-state index contributed by atoms with van der Waals surface area (Å²) < 4.78 is 6.18. The minimum atomic E-state index is -0.146. The van der Waals surface area contributed by atoms with Gasteiger partial charge in [0.1, 0.15) is 17.3 Å². The number of methoxy groups -OCH3 is 1. The van der Waals surface area contributed by atoms with Crippen LogP contribution in [0.3, 0.4) is 0 Å². The number of amidine groups is 1. The topological polar surface area (TPSA) is 47.6 Å². The molecular weight excluding hydrogens is 268 g/mol. The van der Waals surface area contributed by atoms with Crippen LogP contribution in [0, 0.1) is 5.41 Å². The summed E-state index contributed by atoms with van der Waals surface area (Å²) in [6.45, 7) is 6.07. The van der Waals surface area contributed by atoms with Crippen molar-refractivity contribution in [2.24, 2.45) is 16.1 Å². The van der Waals surface area contributed by atoms with Gasteiger partial charge in [0.25, 0.3) is 0 Å². The van der Waals surface area contributed by atoms with Gasteiger partial charge in [-0.25, -0.2) is 4.99 Å². The molecule has 3 nitrogen and oxygen atoms in total. The normalized spacial score (nSPS) is 12.7. The number of nitrogens with two attached hydrogens (primary N) is 1. The Morgan fingerprint density at radius 2 is 2.00 bits per heavy atom. The third-order valence-electron chi connectivity index (χ3n) is 2.15. The van der Waals surface area contributed by atoms with Gasteiger partial charge in [-0.1, -0.05) is 36.7 Å². The number of aliphatic imine (C=N–C) groups is 1. The largest absolute Gasteiger partial charge is 0.494 e. The molecular formula is C12H17BrN2O. The highest BCUT2D eigenvalue weighted by molar-refractivity contribution is 9.10. The first-order valence-electron chi connectivity index (χ1n) is 5.03. The molecule has 4 heteroatoms. The Hall–Kier alpha value is -1.03. The number of ether oxygens (including phenoxy) is 1. The van der Waals surface area contributed by atoms with Crippen LogP contribution < -0.4 is 10.5 Å². The molecule has 0 saturated carbocycles. The fraction of sp³-hybridized carbons (Fsp3) is 0.417. The summed E-state index contributed by atoms with van der Waals surface area (Å²) in [7, 11) is 1.62. The number of halogens is 1. The first-order chi connectivity index (χ1) is 7.34. The highest BCUT2D eigenvalue weighted by Gasteiger charge is 2.16. The van der Waals surface area contributed by atoms with Gasteiger partial charge < -0.3 is 10.5 Å². The zero-order chi connectivity index (χ0) is 12.3.